The van der Waals surface area contributed by atoms with Gasteiger partial charge < -0.3 is 15.1 Å². The number of hydrogen-bond donors (Lipinski definition) is 1. The first kappa shape index (κ1) is 20.8. The van der Waals surface area contributed by atoms with Crippen LogP contribution < -0.4 is 10.2 Å². The smallest absolute Gasteiger partial charge is 0.228 e. The molecule has 0 bridgehead atoms. The molecule has 3 heterocycles. The van der Waals surface area contributed by atoms with Crippen LogP contribution >= 0.6 is 0 Å². The van der Waals surface area contributed by atoms with Gasteiger partial charge in [0.15, 0.2) is 9.84 Å². The summed E-state index contributed by atoms with van der Waals surface area (Å²) in [5, 5.41) is 2.86. The third kappa shape index (κ3) is 4.50. The van der Waals surface area contributed by atoms with E-state index >= 15 is 0 Å². The van der Waals surface area contributed by atoms with Crippen molar-refractivity contribution in [2.75, 3.05) is 36.0 Å². The molecular formula is C21H27N3O5S. The summed E-state index contributed by atoms with van der Waals surface area (Å²) < 4.78 is 23.1. The Hall–Kier alpha value is -2.42. The maximum atomic E-state index is 12.9. The second-order valence-corrected chi connectivity index (χ2v) is 10.7. The summed E-state index contributed by atoms with van der Waals surface area (Å²) in [6.45, 7) is 1.35. The molecule has 1 N–H and O–H groups in total. The Kier molecular flexibility index (Phi) is 5.81. The zero-order valence-electron chi connectivity index (χ0n) is 16.8. The molecule has 3 fully saturated rings. The van der Waals surface area contributed by atoms with Crippen LogP contribution in [0.2, 0.25) is 0 Å². The Morgan fingerprint density at radius 1 is 1.00 bits per heavy atom. The highest BCUT2D eigenvalue weighted by atomic mass is 32.2. The van der Waals surface area contributed by atoms with Crippen molar-refractivity contribution in [3.63, 3.8) is 0 Å². The number of benzene rings is 1. The lowest BCUT2D eigenvalue weighted by molar-refractivity contribution is -0.139. The van der Waals surface area contributed by atoms with E-state index in [0.29, 0.717) is 38.9 Å². The van der Waals surface area contributed by atoms with Crippen LogP contribution in [0.4, 0.5) is 5.69 Å². The Morgan fingerprint density at radius 2 is 1.70 bits per heavy atom. The zero-order chi connectivity index (χ0) is 21.3. The molecule has 8 nitrogen and oxygen atoms in total. The van der Waals surface area contributed by atoms with E-state index in [9.17, 15) is 22.8 Å². The summed E-state index contributed by atoms with van der Waals surface area (Å²) in [6.07, 6.45) is 1.80. The topological polar surface area (TPSA) is 104 Å². The first-order chi connectivity index (χ1) is 14.3. The van der Waals surface area contributed by atoms with Gasteiger partial charge in [-0.1, -0.05) is 18.2 Å². The van der Waals surface area contributed by atoms with E-state index in [0.717, 1.165) is 5.69 Å². The van der Waals surface area contributed by atoms with Crippen LogP contribution in [0.1, 0.15) is 25.7 Å². The van der Waals surface area contributed by atoms with Crippen molar-refractivity contribution in [2.45, 2.75) is 31.7 Å². The highest BCUT2D eigenvalue weighted by Gasteiger charge is 2.39. The normalized spacial score (nSPS) is 26.7. The maximum absolute atomic E-state index is 12.9. The number of likely N-dealkylation sites (tertiary alicyclic amines) is 1. The van der Waals surface area contributed by atoms with Crippen LogP contribution in [-0.2, 0) is 24.2 Å². The van der Waals surface area contributed by atoms with E-state index in [1.807, 2.05) is 30.3 Å². The Labute approximate surface area is 176 Å². The molecule has 4 rings (SSSR count). The van der Waals surface area contributed by atoms with Gasteiger partial charge in [-0.3, -0.25) is 14.4 Å². The van der Waals surface area contributed by atoms with Gasteiger partial charge in [0, 0.05) is 43.7 Å². The van der Waals surface area contributed by atoms with Crippen molar-refractivity contribution in [2.24, 2.45) is 11.8 Å². The van der Waals surface area contributed by atoms with Gasteiger partial charge in [-0.2, -0.15) is 0 Å². The second-order valence-electron chi connectivity index (χ2n) is 8.45. The van der Waals surface area contributed by atoms with Gasteiger partial charge in [0.25, 0.3) is 0 Å². The molecule has 0 radical (unpaired) electrons. The lowest BCUT2D eigenvalue weighted by atomic mass is 9.94. The van der Waals surface area contributed by atoms with Crippen molar-refractivity contribution in [3.8, 4) is 0 Å². The van der Waals surface area contributed by atoms with Gasteiger partial charge in [-0.15, -0.1) is 0 Å². The third-order valence-electron chi connectivity index (χ3n) is 6.30. The molecular weight excluding hydrogens is 406 g/mol. The van der Waals surface area contributed by atoms with Crippen LogP contribution in [0.15, 0.2) is 30.3 Å². The Bertz CT molecular complexity index is 925. The van der Waals surface area contributed by atoms with E-state index in [2.05, 4.69) is 5.32 Å². The number of para-hydroxylation sites is 1. The van der Waals surface area contributed by atoms with Crippen LogP contribution in [0.3, 0.4) is 0 Å². The number of hydrogen-bond acceptors (Lipinski definition) is 5. The molecule has 0 saturated carbocycles. The van der Waals surface area contributed by atoms with Crippen LogP contribution in [-0.4, -0.2) is 68.2 Å². The number of carbonyl (C=O) groups is 3. The number of nitrogens with one attached hydrogen (secondary N) is 1. The largest absolute Gasteiger partial charge is 0.352 e. The molecule has 3 aliphatic rings. The summed E-state index contributed by atoms with van der Waals surface area (Å²) in [5.74, 6) is -0.595. The zero-order valence-corrected chi connectivity index (χ0v) is 17.6. The van der Waals surface area contributed by atoms with Crippen molar-refractivity contribution >= 4 is 33.2 Å². The van der Waals surface area contributed by atoms with E-state index in [4.69, 9.17) is 0 Å². The second kappa shape index (κ2) is 8.37. The average molecular weight is 434 g/mol. The third-order valence-corrected chi connectivity index (χ3v) is 8.07. The summed E-state index contributed by atoms with van der Waals surface area (Å²) in [4.78, 5) is 41.2. The molecule has 1 aromatic carbocycles. The summed E-state index contributed by atoms with van der Waals surface area (Å²) in [7, 11) is -3.03. The number of piperidine rings is 1. The Morgan fingerprint density at radius 3 is 2.33 bits per heavy atom. The standard InChI is InChI=1S/C21H27N3O5S/c25-19-12-16(13-24(19)18-4-2-1-3-5-18)21(27)23-9-6-15(7-10-23)20(26)22-17-8-11-30(28,29)14-17/h1-5,15-17H,6-14H2,(H,22,26)/t16-,17+/m0/s1. The molecule has 3 amide bonds. The van der Waals surface area contributed by atoms with Crippen LogP contribution in [0.25, 0.3) is 0 Å². The van der Waals surface area contributed by atoms with Crippen molar-refractivity contribution < 1.29 is 22.8 Å². The fourth-order valence-corrected chi connectivity index (χ4v) is 6.25. The van der Waals surface area contributed by atoms with Gasteiger partial charge >= 0.3 is 0 Å². The minimum atomic E-state index is -3.03. The Balaban J connectivity index is 1.27. The van der Waals surface area contributed by atoms with Gasteiger partial charge in [-0.25, -0.2) is 8.42 Å². The van der Waals surface area contributed by atoms with E-state index < -0.39 is 9.84 Å². The highest BCUT2D eigenvalue weighted by Crippen LogP contribution is 2.28. The minimum Gasteiger partial charge on any atom is -0.352 e. The minimum absolute atomic E-state index is 0.0176. The summed E-state index contributed by atoms with van der Waals surface area (Å²) >= 11 is 0. The predicted molar refractivity (Wildman–Crippen MR) is 111 cm³/mol. The number of sulfone groups is 1. The molecule has 30 heavy (non-hydrogen) atoms. The first-order valence-corrected chi connectivity index (χ1v) is 12.3. The summed E-state index contributed by atoms with van der Waals surface area (Å²) in [6, 6.07) is 9.06. The first-order valence-electron chi connectivity index (χ1n) is 10.5. The molecule has 0 aromatic heterocycles. The molecule has 0 spiro atoms. The molecule has 0 unspecified atom stereocenters. The van der Waals surface area contributed by atoms with Gasteiger partial charge in [0.2, 0.25) is 17.7 Å². The fourth-order valence-electron chi connectivity index (χ4n) is 4.58. The number of nitrogens with zero attached hydrogens (tertiary/aromatic N) is 2. The number of anilines is 1. The van der Waals surface area contributed by atoms with Gasteiger partial charge in [0.1, 0.15) is 0 Å². The lowest BCUT2D eigenvalue weighted by Crippen LogP contribution is -2.47. The van der Waals surface area contributed by atoms with Gasteiger partial charge in [-0.05, 0) is 31.4 Å². The van der Waals surface area contributed by atoms with E-state index in [-0.39, 0.29) is 53.5 Å². The lowest BCUT2D eigenvalue weighted by Gasteiger charge is -2.33. The van der Waals surface area contributed by atoms with Gasteiger partial charge in [0.05, 0.1) is 17.4 Å². The fraction of sp³-hybridized carbons (Fsp3) is 0.571. The predicted octanol–water partition coefficient (Wildman–Crippen LogP) is 0.581. The van der Waals surface area contributed by atoms with E-state index in [1.54, 1.807) is 9.80 Å². The summed E-state index contributed by atoms with van der Waals surface area (Å²) in [5.41, 5.74) is 0.808. The van der Waals surface area contributed by atoms with Crippen molar-refractivity contribution in [1.82, 2.24) is 10.2 Å². The highest BCUT2D eigenvalue weighted by molar-refractivity contribution is 7.91. The number of amides is 3. The van der Waals surface area contributed by atoms with Crippen LogP contribution in [0.5, 0.6) is 0 Å². The maximum Gasteiger partial charge on any atom is 0.228 e. The molecule has 3 aliphatic heterocycles. The quantitative estimate of drug-likeness (QED) is 0.748. The number of carbonyl (C=O) groups excluding carboxylic acids is 3. The monoisotopic (exact) mass is 433 g/mol. The number of rotatable bonds is 4. The molecule has 1 aromatic rings. The SMILES string of the molecule is O=C(N[C@@H]1CCS(=O)(=O)C1)C1CCN(C(=O)[C@H]2CC(=O)N(c3ccccc3)C2)CC1. The van der Waals surface area contributed by atoms with E-state index in [1.165, 1.54) is 0 Å². The average Bonchev–Trinajstić information content (AvgIpc) is 3.29. The van der Waals surface area contributed by atoms with Crippen LogP contribution in [0, 0.1) is 11.8 Å². The van der Waals surface area contributed by atoms with Crippen molar-refractivity contribution in [1.29, 1.82) is 0 Å². The molecule has 9 heteroatoms. The molecule has 162 valence electrons. The van der Waals surface area contributed by atoms with Crippen molar-refractivity contribution in [3.05, 3.63) is 30.3 Å². The molecule has 3 saturated heterocycles. The molecule has 0 aliphatic carbocycles. The molecule has 2 atom stereocenters.